The molecule has 0 saturated heterocycles. The van der Waals surface area contributed by atoms with Crippen molar-refractivity contribution in [1.29, 1.82) is 0 Å². The largest absolute Gasteiger partial charge is 0.481 e. The number of carbonyl (C=O) groups excluding carboxylic acids is 3. The summed E-state index contributed by atoms with van der Waals surface area (Å²) in [5.74, 6) is -0.532. The summed E-state index contributed by atoms with van der Waals surface area (Å²) in [6.07, 6.45) is -0.813. The van der Waals surface area contributed by atoms with E-state index in [1.807, 2.05) is 56.3 Å². The van der Waals surface area contributed by atoms with Gasteiger partial charge in [-0.25, -0.2) is 0 Å². The first-order valence-electron chi connectivity index (χ1n) is 9.41. The highest BCUT2D eigenvalue weighted by atomic mass is 16.5. The van der Waals surface area contributed by atoms with Crippen LogP contribution in [-0.2, 0) is 14.4 Å². The molecule has 2 atom stereocenters. The smallest absolute Gasteiger partial charge is 0.279 e. The van der Waals surface area contributed by atoms with Gasteiger partial charge < -0.3 is 10.1 Å². The monoisotopic (exact) mass is 397 g/mol. The first-order valence-corrected chi connectivity index (χ1v) is 9.41. The molecule has 0 aliphatic rings. The number of carbonyl (C=O) groups is 3. The Morgan fingerprint density at radius 3 is 2.31 bits per heavy atom. The average Bonchev–Trinajstić information content (AvgIpc) is 2.69. The molecule has 0 heterocycles. The first-order chi connectivity index (χ1) is 13.8. The molecule has 2 aromatic carbocycles. The zero-order chi connectivity index (χ0) is 21.4. The van der Waals surface area contributed by atoms with Gasteiger partial charge in [0.2, 0.25) is 11.8 Å². The van der Waals surface area contributed by atoms with Crippen LogP contribution < -0.4 is 20.9 Å². The van der Waals surface area contributed by atoms with E-state index < -0.39 is 24.0 Å². The first kappa shape index (κ1) is 21.9. The van der Waals surface area contributed by atoms with Gasteiger partial charge in [-0.2, -0.15) is 0 Å². The molecule has 0 aromatic heterocycles. The highest BCUT2D eigenvalue weighted by molar-refractivity contribution is 5.85. The lowest BCUT2D eigenvalue weighted by Gasteiger charge is -2.19. The third-order valence-electron chi connectivity index (χ3n) is 4.52. The van der Waals surface area contributed by atoms with E-state index in [-0.39, 0.29) is 12.3 Å². The molecular weight excluding hydrogens is 370 g/mol. The minimum Gasteiger partial charge on any atom is -0.481 e. The second-order valence-corrected chi connectivity index (χ2v) is 6.86. The normalized spacial score (nSPS) is 12.4. The molecule has 29 heavy (non-hydrogen) atoms. The number of aryl methyl sites for hydroxylation is 1. The highest BCUT2D eigenvalue weighted by Crippen LogP contribution is 2.21. The van der Waals surface area contributed by atoms with E-state index in [0.717, 1.165) is 16.7 Å². The number of rotatable bonds is 7. The fourth-order valence-corrected chi connectivity index (χ4v) is 2.75. The molecule has 3 amide bonds. The number of nitrogens with one attached hydrogen (secondary N) is 3. The van der Waals surface area contributed by atoms with Crippen molar-refractivity contribution in [2.24, 2.45) is 0 Å². The van der Waals surface area contributed by atoms with E-state index in [9.17, 15) is 14.4 Å². The van der Waals surface area contributed by atoms with Gasteiger partial charge in [-0.3, -0.25) is 25.2 Å². The maximum atomic E-state index is 12.3. The van der Waals surface area contributed by atoms with Crippen LogP contribution in [0.15, 0.2) is 48.5 Å². The summed E-state index contributed by atoms with van der Waals surface area (Å²) in [5, 5.41) is 2.74. The minimum absolute atomic E-state index is 0.0178. The Morgan fingerprint density at radius 2 is 1.66 bits per heavy atom. The van der Waals surface area contributed by atoms with E-state index in [2.05, 4.69) is 16.2 Å². The van der Waals surface area contributed by atoms with Gasteiger partial charge in [-0.15, -0.1) is 0 Å². The molecule has 0 spiro atoms. The van der Waals surface area contributed by atoms with Crippen molar-refractivity contribution in [1.82, 2.24) is 16.2 Å². The number of hydrogen-bond donors (Lipinski definition) is 3. The molecule has 0 radical (unpaired) electrons. The van der Waals surface area contributed by atoms with E-state index in [0.29, 0.717) is 5.75 Å². The fourth-order valence-electron chi connectivity index (χ4n) is 2.75. The van der Waals surface area contributed by atoms with Gasteiger partial charge in [0.05, 0.1) is 12.5 Å². The fraction of sp³-hybridized carbons (Fsp3) is 0.318. The van der Waals surface area contributed by atoms with Crippen molar-refractivity contribution in [2.75, 3.05) is 0 Å². The molecule has 2 rings (SSSR count). The maximum absolute atomic E-state index is 12.3. The van der Waals surface area contributed by atoms with E-state index in [1.165, 1.54) is 6.92 Å². The molecular formula is C22H27N3O4. The van der Waals surface area contributed by atoms with E-state index in [4.69, 9.17) is 4.74 Å². The average molecular weight is 397 g/mol. The summed E-state index contributed by atoms with van der Waals surface area (Å²) < 4.78 is 5.70. The molecule has 0 fully saturated rings. The van der Waals surface area contributed by atoms with Gasteiger partial charge in [-0.1, -0.05) is 42.5 Å². The summed E-state index contributed by atoms with van der Waals surface area (Å²) in [7, 11) is 0. The van der Waals surface area contributed by atoms with E-state index >= 15 is 0 Å². The number of amides is 3. The lowest BCUT2D eigenvalue weighted by molar-refractivity contribution is -0.133. The summed E-state index contributed by atoms with van der Waals surface area (Å²) in [4.78, 5) is 36.0. The quantitative estimate of drug-likeness (QED) is 0.626. The van der Waals surface area contributed by atoms with E-state index in [1.54, 1.807) is 13.0 Å². The Labute approximate surface area is 170 Å². The summed E-state index contributed by atoms with van der Waals surface area (Å²) in [5.41, 5.74) is 7.57. The van der Waals surface area contributed by atoms with Crippen molar-refractivity contribution >= 4 is 17.7 Å². The minimum atomic E-state index is -0.795. The van der Waals surface area contributed by atoms with Gasteiger partial charge >= 0.3 is 0 Å². The van der Waals surface area contributed by atoms with Gasteiger partial charge in [0.1, 0.15) is 5.75 Å². The van der Waals surface area contributed by atoms with Crippen LogP contribution in [0, 0.1) is 13.8 Å². The maximum Gasteiger partial charge on any atom is 0.279 e. The SMILES string of the molecule is CC(=O)N[C@@H](CC(=O)NNC(=O)[C@H](C)Oc1cccc(C)c1C)c1ccccc1. The molecule has 7 nitrogen and oxygen atoms in total. The van der Waals surface area contributed by atoms with Gasteiger partial charge in [0.25, 0.3) is 5.91 Å². The zero-order valence-electron chi connectivity index (χ0n) is 17.1. The molecule has 0 saturated carbocycles. The topological polar surface area (TPSA) is 96.5 Å². The van der Waals surface area contributed by atoms with Gasteiger partial charge in [-0.05, 0) is 43.5 Å². The van der Waals surface area contributed by atoms with Gasteiger partial charge in [0, 0.05) is 6.92 Å². The number of benzene rings is 2. The van der Waals surface area contributed by atoms with Crippen molar-refractivity contribution in [3.63, 3.8) is 0 Å². The van der Waals surface area contributed by atoms with Crippen LogP contribution in [0.4, 0.5) is 0 Å². The van der Waals surface area contributed by atoms with Crippen molar-refractivity contribution < 1.29 is 19.1 Å². The van der Waals surface area contributed by atoms with Crippen LogP contribution >= 0.6 is 0 Å². The lowest BCUT2D eigenvalue weighted by Crippen LogP contribution is -2.48. The molecule has 0 unspecified atom stereocenters. The highest BCUT2D eigenvalue weighted by Gasteiger charge is 2.20. The Kier molecular flexibility index (Phi) is 7.77. The van der Waals surface area contributed by atoms with Crippen LogP contribution in [0.5, 0.6) is 5.75 Å². The number of hydrogen-bond acceptors (Lipinski definition) is 4. The van der Waals surface area contributed by atoms with Crippen molar-refractivity contribution in [3.05, 3.63) is 65.2 Å². The third kappa shape index (κ3) is 6.64. The lowest BCUT2D eigenvalue weighted by atomic mass is 10.0. The van der Waals surface area contributed by atoms with Crippen molar-refractivity contribution in [3.8, 4) is 5.75 Å². The molecule has 7 heteroatoms. The van der Waals surface area contributed by atoms with Crippen LogP contribution in [-0.4, -0.2) is 23.8 Å². The summed E-state index contributed by atoms with van der Waals surface area (Å²) in [6, 6.07) is 14.3. The summed E-state index contributed by atoms with van der Waals surface area (Å²) in [6.45, 7) is 6.88. The predicted octanol–water partition coefficient (Wildman–Crippen LogP) is 2.49. The Bertz CT molecular complexity index is 868. The zero-order valence-corrected chi connectivity index (χ0v) is 17.1. The molecule has 154 valence electrons. The molecule has 0 aliphatic heterocycles. The predicted molar refractivity (Wildman–Crippen MR) is 110 cm³/mol. The number of hydrazine groups is 1. The molecule has 3 N–H and O–H groups in total. The second-order valence-electron chi connectivity index (χ2n) is 6.86. The van der Waals surface area contributed by atoms with Crippen LogP contribution in [0.3, 0.4) is 0 Å². The molecule has 2 aromatic rings. The van der Waals surface area contributed by atoms with Gasteiger partial charge in [0.15, 0.2) is 6.10 Å². The molecule has 0 bridgehead atoms. The Hall–Kier alpha value is -3.35. The third-order valence-corrected chi connectivity index (χ3v) is 4.52. The van der Waals surface area contributed by atoms with Crippen LogP contribution in [0.25, 0.3) is 0 Å². The standard InChI is InChI=1S/C22H27N3O4/c1-14-9-8-12-20(15(14)2)29-16(3)22(28)25-24-21(27)13-19(23-17(4)26)18-10-6-5-7-11-18/h5-12,16,19H,13H2,1-4H3,(H,23,26)(H,24,27)(H,25,28)/t16-,19-/m0/s1. The summed E-state index contributed by atoms with van der Waals surface area (Å²) >= 11 is 0. The van der Waals surface area contributed by atoms with Crippen LogP contribution in [0.1, 0.15) is 43.0 Å². The Morgan fingerprint density at radius 1 is 0.966 bits per heavy atom. The number of ether oxygens (including phenoxy) is 1. The Balaban J connectivity index is 1.90. The van der Waals surface area contributed by atoms with Crippen LogP contribution in [0.2, 0.25) is 0 Å². The second kappa shape index (κ2) is 10.3. The molecule has 0 aliphatic carbocycles. The van der Waals surface area contributed by atoms with Crippen molar-refractivity contribution in [2.45, 2.75) is 46.3 Å².